The third-order valence-corrected chi connectivity index (χ3v) is 3.89. The van der Waals surface area contributed by atoms with Gasteiger partial charge in [-0.05, 0) is 58.6 Å². The molecule has 0 amide bonds. The number of halogens is 3. The van der Waals surface area contributed by atoms with E-state index in [1.165, 1.54) is 0 Å². The van der Waals surface area contributed by atoms with Crippen LogP contribution in [0.25, 0.3) is 5.69 Å². The minimum Gasteiger partial charge on any atom is -0.268 e. The Morgan fingerprint density at radius 3 is 2.71 bits per heavy atom. The Balaban J connectivity index is 2.19. The van der Waals surface area contributed by atoms with Gasteiger partial charge in [-0.25, -0.2) is 0 Å². The molecule has 2 aromatic rings. The van der Waals surface area contributed by atoms with Crippen LogP contribution in [-0.4, -0.2) is 14.8 Å². The van der Waals surface area contributed by atoms with E-state index in [0.29, 0.717) is 16.2 Å². The molecule has 0 N–H and O–H groups in total. The first-order valence-corrected chi connectivity index (χ1v) is 6.78. The molecular weight excluding hydrogens is 325 g/mol. The summed E-state index contributed by atoms with van der Waals surface area (Å²) in [6.07, 6.45) is 2.29. The highest BCUT2D eigenvalue weighted by Gasteiger charge is 2.31. The minimum atomic E-state index is 0.370. The molecule has 0 unspecified atom stereocenters. The zero-order chi connectivity index (χ0) is 12.0. The second-order valence-corrected chi connectivity index (χ2v) is 5.66. The van der Waals surface area contributed by atoms with Crippen molar-refractivity contribution in [3.05, 3.63) is 38.8 Å². The fourth-order valence-corrected chi connectivity index (χ4v) is 2.57. The number of aromatic nitrogens is 3. The Morgan fingerprint density at radius 2 is 2.00 bits per heavy atom. The Labute approximate surface area is 117 Å². The second kappa shape index (κ2) is 4.26. The van der Waals surface area contributed by atoms with Gasteiger partial charge in [-0.15, -0.1) is 10.2 Å². The molecule has 1 saturated carbocycles. The fourth-order valence-electron chi connectivity index (χ4n) is 1.76. The van der Waals surface area contributed by atoms with Crippen molar-refractivity contribution in [2.45, 2.75) is 18.8 Å². The van der Waals surface area contributed by atoms with Crippen molar-refractivity contribution in [1.82, 2.24) is 14.8 Å². The van der Waals surface area contributed by atoms with Gasteiger partial charge < -0.3 is 0 Å². The van der Waals surface area contributed by atoms with Crippen LogP contribution < -0.4 is 0 Å². The van der Waals surface area contributed by atoms with E-state index in [4.69, 9.17) is 23.2 Å². The quantitative estimate of drug-likeness (QED) is 0.824. The van der Waals surface area contributed by atoms with E-state index in [1.54, 1.807) is 0 Å². The molecule has 1 aromatic heterocycles. The highest BCUT2D eigenvalue weighted by molar-refractivity contribution is 9.10. The molecule has 6 heteroatoms. The maximum atomic E-state index is 6.10. The van der Waals surface area contributed by atoms with Gasteiger partial charge in [0.05, 0.1) is 5.69 Å². The van der Waals surface area contributed by atoms with Crippen LogP contribution in [0.15, 0.2) is 22.7 Å². The van der Waals surface area contributed by atoms with E-state index in [2.05, 4.69) is 26.1 Å². The standard InChI is InChI=1S/C11H8BrCl2N3/c12-8-4-3-7(13)5-9(8)17-10(6-1-2-6)15-16-11(17)14/h3-6H,1-2H2. The summed E-state index contributed by atoms with van der Waals surface area (Å²) in [7, 11) is 0. The molecule has 1 aliphatic rings. The van der Waals surface area contributed by atoms with Crippen LogP contribution in [-0.2, 0) is 0 Å². The first-order chi connectivity index (χ1) is 8.16. The highest BCUT2D eigenvalue weighted by atomic mass is 79.9. The van der Waals surface area contributed by atoms with Crippen molar-refractivity contribution < 1.29 is 0 Å². The highest BCUT2D eigenvalue weighted by Crippen LogP contribution is 2.41. The largest absolute Gasteiger partial charge is 0.268 e. The van der Waals surface area contributed by atoms with Crippen LogP contribution >= 0.6 is 39.1 Å². The second-order valence-electron chi connectivity index (χ2n) is 4.03. The molecule has 0 aliphatic heterocycles. The summed E-state index contributed by atoms with van der Waals surface area (Å²) in [6.45, 7) is 0. The molecule has 3 nitrogen and oxygen atoms in total. The van der Waals surface area contributed by atoms with Crippen LogP contribution in [0.2, 0.25) is 10.3 Å². The Bertz CT molecular complexity index is 578. The zero-order valence-corrected chi connectivity index (χ0v) is 11.8. The lowest BCUT2D eigenvalue weighted by Gasteiger charge is -2.09. The van der Waals surface area contributed by atoms with Gasteiger partial charge in [0.2, 0.25) is 5.28 Å². The smallest absolute Gasteiger partial charge is 0.229 e. The molecular formula is C11H8BrCl2N3. The summed E-state index contributed by atoms with van der Waals surface area (Å²) < 4.78 is 2.78. The van der Waals surface area contributed by atoms with Crippen molar-refractivity contribution in [3.8, 4) is 5.69 Å². The maximum absolute atomic E-state index is 6.10. The fraction of sp³-hybridized carbons (Fsp3) is 0.273. The molecule has 0 radical (unpaired) electrons. The summed E-state index contributed by atoms with van der Waals surface area (Å²) in [5, 5.41) is 9.11. The molecule has 1 aromatic carbocycles. The number of hydrogen-bond acceptors (Lipinski definition) is 2. The van der Waals surface area contributed by atoms with E-state index < -0.39 is 0 Å². The van der Waals surface area contributed by atoms with Gasteiger partial charge in [-0.1, -0.05) is 11.6 Å². The number of rotatable bonds is 2. The molecule has 1 fully saturated rings. The molecule has 0 atom stereocenters. The van der Waals surface area contributed by atoms with Crippen LogP contribution in [0.5, 0.6) is 0 Å². The summed E-state index contributed by atoms with van der Waals surface area (Å²) in [5.74, 6) is 1.39. The average Bonchev–Trinajstić information content (AvgIpc) is 3.07. The van der Waals surface area contributed by atoms with Crippen molar-refractivity contribution in [2.75, 3.05) is 0 Å². The number of hydrogen-bond donors (Lipinski definition) is 0. The molecule has 1 aliphatic carbocycles. The predicted octanol–water partition coefficient (Wildman–Crippen LogP) is 4.21. The van der Waals surface area contributed by atoms with Gasteiger partial charge >= 0.3 is 0 Å². The molecule has 0 spiro atoms. The van der Waals surface area contributed by atoms with E-state index in [0.717, 1.165) is 28.8 Å². The van der Waals surface area contributed by atoms with Gasteiger partial charge in [0.25, 0.3) is 0 Å². The lowest BCUT2D eigenvalue weighted by atomic mass is 10.3. The maximum Gasteiger partial charge on any atom is 0.229 e. The third-order valence-electron chi connectivity index (χ3n) is 2.74. The summed E-state index contributed by atoms with van der Waals surface area (Å²) in [5.41, 5.74) is 0.884. The third kappa shape index (κ3) is 2.09. The van der Waals surface area contributed by atoms with E-state index in [1.807, 2.05) is 22.8 Å². The first-order valence-electron chi connectivity index (χ1n) is 5.23. The molecule has 17 heavy (non-hydrogen) atoms. The average molecular weight is 333 g/mol. The van der Waals surface area contributed by atoms with Crippen molar-refractivity contribution >= 4 is 39.1 Å². The molecule has 0 bridgehead atoms. The Kier molecular flexibility index (Phi) is 2.89. The zero-order valence-electron chi connectivity index (χ0n) is 8.70. The molecule has 0 saturated heterocycles. The predicted molar refractivity (Wildman–Crippen MR) is 71.1 cm³/mol. The van der Waals surface area contributed by atoms with E-state index >= 15 is 0 Å². The summed E-state index contributed by atoms with van der Waals surface area (Å²) in [4.78, 5) is 0. The topological polar surface area (TPSA) is 30.7 Å². The van der Waals surface area contributed by atoms with Crippen LogP contribution in [0.1, 0.15) is 24.6 Å². The first kappa shape index (κ1) is 11.5. The van der Waals surface area contributed by atoms with Gasteiger partial charge in [0.1, 0.15) is 5.82 Å². The Morgan fingerprint density at radius 1 is 1.24 bits per heavy atom. The monoisotopic (exact) mass is 331 g/mol. The summed E-state index contributed by atoms with van der Waals surface area (Å²) >= 11 is 15.6. The van der Waals surface area contributed by atoms with Crippen LogP contribution in [0.4, 0.5) is 0 Å². The van der Waals surface area contributed by atoms with Gasteiger partial charge in [0.15, 0.2) is 0 Å². The number of benzene rings is 1. The van der Waals surface area contributed by atoms with E-state index in [-0.39, 0.29) is 0 Å². The van der Waals surface area contributed by atoms with Crippen molar-refractivity contribution in [3.63, 3.8) is 0 Å². The van der Waals surface area contributed by atoms with Crippen LogP contribution in [0, 0.1) is 0 Å². The Hall–Kier alpha value is -0.580. The van der Waals surface area contributed by atoms with Gasteiger partial charge in [0, 0.05) is 15.4 Å². The normalized spacial score (nSPS) is 15.2. The number of nitrogens with zero attached hydrogens (tertiary/aromatic N) is 3. The lowest BCUT2D eigenvalue weighted by Crippen LogP contribution is -2.01. The lowest BCUT2D eigenvalue weighted by molar-refractivity contribution is 0.869. The van der Waals surface area contributed by atoms with E-state index in [9.17, 15) is 0 Å². The van der Waals surface area contributed by atoms with Gasteiger partial charge in [-0.3, -0.25) is 4.57 Å². The van der Waals surface area contributed by atoms with Gasteiger partial charge in [-0.2, -0.15) is 0 Å². The molecule has 88 valence electrons. The van der Waals surface area contributed by atoms with Crippen molar-refractivity contribution in [1.29, 1.82) is 0 Å². The van der Waals surface area contributed by atoms with Crippen LogP contribution in [0.3, 0.4) is 0 Å². The SMILES string of the molecule is Clc1ccc(Br)c(-n2c(Cl)nnc2C2CC2)c1. The minimum absolute atomic E-state index is 0.370. The molecule has 3 rings (SSSR count). The summed E-state index contributed by atoms with van der Waals surface area (Å²) in [6, 6.07) is 5.57. The van der Waals surface area contributed by atoms with Crippen molar-refractivity contribution in [2.24, 2.45) is 0 Å². The molecule has 1 heterocycles.